The van der Waals surface area contributed by atoms with Gasteiger partial charge in [0.2, 0.25) is 0 Å². The summed E-state index contributed by atoms with van der Waals surface area (Å²) in [7, 11) is 0. The van der Waals surface area contributed by atoms with E-state index in [1.807, 2.05) is 48.5 Å². The second-order valence-electron chi connectivity index (χ2n) is 7.55. The molecule has 0 spiro atoms. The fourth-order valence-electron chi connectivity index (χ4n) is 3.44. The lowest BCUT2D eigenvalue weighted by molar-refractivity contribution is 0.0677. The Morgan fingerprint density at radius 2 is 1.73 bits per heavy atom. The first-order chi connectivity index (χ1) is 16.2. The second kappa shape index (κ2) is 11.7. The van der Waals surface area contributed by atoms with Gasteiger partial charge in [0.1, 0.15) is 37.1 Å². The van der Waals surface area contributed by atoms with Crippen molar-refractivity contribution in [2.75, 3.05) is 31.7 Å². The summed E-state index contributed by atoms with van der Waals surface area (Å²) in [5.41, 5.74) is 1.10. The Kier molecular flexibility index (Phi) is 8.22. The lowest BCUT2D eigenvalue weighted by atomic mass is 10.2. The van der Waals surface area contributed by atoms with Gasteiger partial charge in [-0.2, -0.15) is 0 Å². The van der Waals surface area contributed by atoms with Gasteiger partial charge in [-0.1, -0.05) is 30.3 Å². The highest BCUT2D eigenvalue weighted by Crippen LogP contribution is 2.29. The van der Waals surface area contributed by atoms with Crippen molar-refractivity contribution in [1.29, 1.82) is 0 Å². The van der Waals surface area contributed by atoms with E-state index in [4.69, 9.17) is 18.9 Å². The smallest absolute Gasteiger partial charge is 0.255 e. The molecule has 1 unspecified atom stereocenters. The summed E-state index contributed by atoms with van der Waals surface area (Å²) in [6, 6.07) is 22.2. The number of hydrogen-bond acceptors (Lipinski definition) is 5. The first-order valence-corrected chi connectivity index (χ1v) is 11.7. The molecule has 1 aliphatic rings. The number of benzene rings is 3. The Hall–Kier alpha value is -3.03. The van der Waals surface area contributed by atoms with Gasteiger partial charge in [-0.25, -0.2) is 0 Å². The van der Waals surface area contributed by atoms with E-state index in [2.05, 4.69) is 21.2 Å². The molecule has 3 aromatic rings. The van der Waals surface area contributed by atoms with Crippen LogP contribution < -0.4 is 19.5 Å². The average Bonchev–Trinajstić information content (AvgIpc) is 3.36. The number of hydrogen-bond donors (Lipinski definition) is 1. The van der Waals surface area contributed by atoms with Crippen molar-refractivity contribution in [3.05, 3.63) is 82.8 Å². The second-order valence-corrected chi connectivity index (χ2v) is 8.41. The Balaban J connectivity index is 1.31. The van der Waals surface area contributed by atoms with Crippen molar-refractivity contribution in [3.63, 3.8) is 0 Å². The van der Waals surface area contributed by atoms with Crippen LogP contribution in [0.5, 0.6) is 17.2 Å². The van der Waals surface area contributed by atoms with E-state index >= 15 is 0 Å². The number of carbonyl (C=O) groups is 1. The molecule has 4 rings (SSSR count). The molecule has 33 heavy (non-hydrogen) atoms. The molecule has 1 N–H and O–H groups in total. The molecular formula is C26H26BrNO5. The molecule has 7 heteroatoms. The van der Waals surface area contributed by atoms with Gasteiger partial charge in [0.25, 0.3) is 5.91 Å². The molecular weight excluding hydrogens is 486 g/mol. The molecule has 1 fully saturated rings. The molecule has 1 aliphatic heterocycles. The minimum atomic E-state index is -0.238. The van der Waals surface area contributed by atoms with Crippen molar-refractivity contribution in [2.45, 2.75) is 18.9 Å². The molecule has 0 bridgehead atoms. The van der Waals surface area contributed by atoms with Crippen LogP contribution in [-0.2, 0) is 4.74 Å². The highest BCUT2D eigenvalue weighted by molar-refractivity contribution is 9.10. The minimum absolute atomic E-state index is 0.134. The van der Waals surface area contributed by atoms with Gasteiger partial charge < -0.3 is 24.3 Å². The van der Waals surface area contributed by atoms with E-state index in [0.29, 0.717) is 42.6 Å². The largest absolute Gasteiger partial charge is 0.490 e. The Bertz CT molecular complexity index is 1050. The first kappa shape index (κ1) is 23.1. The number of para-hydroxylation sites is 3. The summed E-state index contributed by atoms with van der Waals surface area (Å²) in [6.07, 6.45) is 2.21. The average molecular weight is 512 g/mol. The van der Waals surface area contributed by atoms with Gasteiger partial charge in [-0.3, -0.25) is 4.79 Å². The van der Waals surface area contributed by atoms with Crippen LogP contribution in [0.4, 0.5) is 5.69 Å². The van der Waals surface area contributed by atoms with Crippen molar-refractivity contribution < 1.29 is 23.7 Å². The van der Waals surface area contributed by atoms with Crippen LogP contribution in [-0.4, -0.2) is 38.4 Å². The third kappa shape index (κ3) is 6.73. The molecule has 6 nitrogen and oxygen atoms in total. The van der Waals surface area contributed by atoms with Crippen molar-refractivity contribution in [1.82, 2.24) is 0 Å². The highest BCUT2D eigenvalue weighted by Gasteiger charge is 2.17. The molecule has 0 radical (unpaired) electrons. The SMILES string of the molecule is O=C(Nc1ccccc1OCCOc1ccccc1)c1ccc(OCC2CCCO2)c(Br)c1. The van der Waals surface area contributed by atoms with E-state index in [-0.39, 0.29) is 12.0 Å². The van der Waals surface area contributed by atoms with E-state index in [0.717, 1.165) is 29.7 Å². The zero-order chi connectivity index (χ0) is 22.9. The van der Waals surface area contributed by atoms with E-state index in [1.165, 1.54) is 0 Å². The lowest BCUT2D eigenvalue weighted by Gasteiger charge is -2.14. The number of anilines is 1. The molecule has 1 saturated heterocycles. The standard InChI is InChI=1S/C26H26BrNO5/c27-22-17-19(12-13-24(22)33-18-21-9-6-14-30-21)26(29)28-23-10-4-5-11-25(23)32-16-15-31-20-7-2-1-3-8-20/h1-5,7-8,10-13,17,21H,6,9,14-16,18H2,(H,28,29). The quantitative estimate of drug-likeness (QED) is 0.352. The third-order valence-corrected chi connectivity index (χ3v) is 5.75. The summed E-state index contributed by atoms with van der Waals surface area (Å²) in [4.78, 5) is 12.8. The molecule has 1 amide bonds. The van der Waals surface area contributed by atoms with Crippen molar-refractivity contribution in [2.24, 2.45) is 0 Å². The Morgan fingerprint density at radius 3 is 2.52 bits per heavy atom. The summed E-state index contributed by atoms with van der Waals surface area (Å²) >= 11 is 3.50. The molecule has 1 heterocycles. The zero-order valence-corrected chi connectivity index (χ0v) is 19.8. The summed E-state index contributed by atoms with van der Waals surface area (Å²) in [6.45, 7) is 2.04. The predicted octanol–water partition coefficient (Wildman–Crippen LogP) is 5.72. The van der Waals surface area contributed by atoms with E-state index < -0.39 is 0 Å². The number of amides is 1. The van der Waals surface area contributed by atoms with Crippen LogP contribution in [0.1, 0.15) is 23.2 Å². The fourth-order valence-corrected chi connectivity index (χ4v) is 3.93. The first-order valence-electron chi connectivity index (χ1n) is 10.9. The van der Waals surface area contributed by atoms with Gasteiger partial charge in [-0.15, -0.1) is 0 Å². The molecule has 0 aliphatic carbocycles. The van der Waals surface area contributed by atoms with Crippen LogP contribution in [0.3, 0.4) is 0 Å². The molecule has 3 aromatic carbocycles. The highest BCUT2D eigenvalue weighted by atomic mass is 79.9. The molecule has 0 saturated carbocycles. The number of ether oxygens (including phenoxy) is 4. The van der Waals surface area contributed by atoms with Crippen LogP contribution in [0.2, 0.25) is 0 Å². The van der Waals surface area contributed by atoms with Gasteiger partial charge in [0.05, 0.1) is 16.3 Å². The van der Waals surface area contributed by atoms with Gasteiger partial charge >= 0.3 is 0 Å². The molecule has 1 atom stereocenters. The molecule has 0 aromatic heterocycles. The van der Waals surface area contributed by atoms with Crippen LogP contribution in [0.25, 0.3) is 0 Å². The van der Waals surface area contributed by atoms with Crippen LogP contribution in [0.15, 0.2) is 77.3 Å². The van der Waals surface area contributed by atoms with E-state index in [1.54, 1.807) is 24.3 Å². The number of carbonyl (C=O) groups excluding carboxylic acids is 1. The van der Waals surface area contributed by atoms with E-state index in [9.17, 15) is 4.79 Å². The summed E-state index contributed by atoms with van der Waals surface area (Å²) < 4.78 is 23.6. The number of nitrogens with one attached hydrogen (secondary N) is 1. The molecule has 172 valence electrons. The monoisotopic (exact) mass is 511 g/mol. The van der Waals surface area contributed by atoms with Gasteiger partial charge in [0, 0.05) is 12.2 Å². The topological polar surface area (TPSA) is 66.0 Å². The van der Waals surface area contributed by atoms with Gasteiger partial charge in [0.15, 0.2) is 0 Å². The summed E-state index contributed by atoms with van der Waals surface area (Å²) in [5, 5.41) is 2.92. The van der Waals surface area contributed by atoms with Crippen LogP contribution >= 0.6 is 15.9 Å². The number of rotatable bonds is 10. The minimum Gasteiger partial charge on any atom is -0.490 e. The summed E-state index contributed by atoms with van der Waals surface area (Å²) in [5.74, 6) is 1.82. The number of halogens is 1. The van der Waals surface area contributed by atoms with Gasteiger partial charge in [-0.05, 0) is 71.2 Å². The predicted molar refractivity (Wildman–Crippen MR) is 130 cm³/mol. The van der Waals surface area contributed by atoms with Crippen molar-refractivity contribution >= 4 is 27.5 Å². The zero-order valence-electron chi connectivity index (χ0n) is 18.2. The maximum atomic E-state index is 12.8. The maximum Gasteiger partial charge on any atom is 0.255 e. The Morgan fingerprint density at radius 1 is 0.939 bits per heavy atom. The third-order valence-electron chi connectivity index (χ3n) is 5.13. The van der Waals surface area contributed by atoms with Crippen molar-refractivity contribution in [3.8, 4) is 17.2 Å². The van der Waals surface area contributed by atoms with Crippen LogP contribution in [0, 0.1) is 0 Å². The lowest BCUT2D eigenvalue weighted by Crippen LogP contribution is -2.17. The maximum absolute atomic E-state index is 12.8. The Labute approximate surface area is 201 Å². The fraction of sp³-hybridized carbons (Fsp3) is 0.269. The normalized spacial score (nSPS) is 15.1.